The average Bonchev–Trinajstić information content (AvgIpc) is 3.36. The summed E-state index contributed by atoms with van der Waals surface area (Å²) in [6, 6.07) is 10.2. The zero-order valence-corrected chi connectivity index (χ0v) is 15.5. The van der Waals surface area contributed by atoms with Crippen LogP contribution in [0.4, 0.5) is 5.82 Å². The highest BCUT2D eigenvalue weighted by Gasteiger charge is 2.23. The Morgan fingerprint density at radius 1 is 1.15 bits per heavy atom. The number of nitrogens with zero attached hydrogens (tertiary/aromatic N) is 3. The van der Waals surface area contributed by atoms with Gasteiger partial charge in [-0.05, 0) is 31.0 Å². The van der Waals surface area contributed by atoms with E-state index in [1.165, 1.54) is 0 Å². The first-order valence-corrected chi connectivity index (χ1v) is 9.84. The first-order valence-electron chi connectivity index (χ1n) is 9.03. The van der Waals surface area contributed by atoms with Crippen molar-refractivity contribution >= 4 is 27.4 Å². The number of nitrogens with two attached hydrogens (primary N) is 1. The summed E-state index contributed by atoms with van der Waals surface area (Å²) in [6.07, 6.45) is 5.75. The molecule has 0 atom stereocenters. The number of hydrogen-bond acceptors (Lipinski definition) is 6. The highest BCUT2D eigenvalue weighted by Crippen LogP contribution is 2.37. The smallest absolute Gasteiger partial charge is 0.133 e. The lowest BCUT2D eigenvalue weighted by molar-refractivity contribution is 0.0846. The monoisotopic (exact) mass is 377 g/mol. The maximum atomic E-state index is 6.19. The Balaban J connectivity index is 1.57. The Bertz CT molecular complexity index is 1060. The molecule has 136 valence electrons. The molecule has 1 aliphatic rings. The second-order valence-corrected chi connectivity index (χ2v) is 7.74. The van der Waals surface area contributed by atoms with Gasteiger partial charge in [0.25, 0.3) is 0 Å². The predicted octanol–water partition coefficient (Wildman–Crippen LogP) is 4.22. The molecule has 0 aliphatic carbocycles. The molecule has 0 saturated carbocycles. The zero-order chi connectivity index (χ0) is 18.2. The maximum Gasteiger partial charge on any atom is 0.133 e. The molecule has 1 saturated heterocycles. The minimum atomic E-state index is 0.406. The van der Waals surface area contributed by atoms with E-state index >= 15 is 0 Å². The number of aromatic nitrogens is 4. The Morgan fingerprint density at radius 2 is 2.00 bits per heavy atom. The summed E-state index contributed by atoms with van der Waals surface area (Å²) in [6.45, 7) is 1.57. The number of anilines is 1. The van der Waals surface area contributed by atoms with E-state index in [0.29, 0.717) is 11.7 Å². The lowest BCUT2D eigenvalue weighted by Gasteiger charge is -2.21. The van der Waals surface area contributed by atoms with Crippen molar-refractivity contribution in [2.24, 2.45) is 0 Å². The second-order valence-electron chi connectivity index (χ2n) is 6.71. The Hall–Kier alpha value is -2.77. The summed E-state index contributed by atoms with van der Waals surface area (Å²) in [4.78, 5) is 9.18. The number of hydrogen-bond donors (Lipinski definition) is 2. The third-order valence-corrected chi connectivity index (χ3v) is 6.10. The van der Waals surface area contributed by atoms with Crippen LogP contribution >= 0.6 is 11.3 Å². The van der Waals surface area contributed by atoms with Crippen LogP contribution in [0.5, 0.6) is 0 Å². The standard InChI is InChI=1S/C20H19N5OS/c21-19-14(20-24-16-3-1-2-4-17(16)27-20)9-13(10-22-19)15-11-23-25-18(15)12-5-7-26-8-6-12/h1-4,9-12H,5-8H2,(H2,21,22)(H,23,25). The third kappa shape index (κ3) is 2.98. The topological polar surface area (TPSA) is 89.7 Å². The molecule has 0 spiro atoms. The van der Waals surface area contributed by atoms with Gasteiger partial charge in [-0.1, -0.05) is 12.1 Å². The fourth-order valence-electron chi connectivity index (χ4n) is 3.60. The molecule has 1 aromatic carbocycles. The van der Waals surface area contributed by atoms with Crippen LogP contribution in [0, 0.1) is 0 Å². The lowest BCUT2D eigenvalue weighted by Crippen LogP contribution is -2.15. The van der Waals surface area contributed by atoms with Gasteiger partial charge in [0.2, 0.25) is 0 Å². The minimum Gasteiger partial charge on any atom is -0.383 e. The summed E-state index contributed by atoms with van der Waals surface area (Å²) >= 11 is 1.63. The first kappa shape index (κ1) is 16.4. The van der Waals surface area contributed by atoms with E-state index in [4.69, 9.17) is 15.5 Å². The van der Waals surface area contributed by atoms with E-state index in [1.807, 2.05) is 30.6 Å². The predicted molar refractivity (Wildman–Crippen MR) is 108 cm³/mol. The maximum absolute atomic E-state index is 6.19. The zero-order valence-electron chi connectivity index (χ0n) is 14.7. The van der Waals surface area contributed by atoms with Gasteiger partial charge in [0.15, 0.2) is 0 Å². The van der Waals surface area contributed by atoms with Crippen molar-refractivity contribution in [3.05, 3.63) is 48.4 Å². The molecule has 5 rings (SSSR count). The van der Waals surface area contributed by atoms with Gasteiger partial charge in [-0.15, -0.1) is 11.3 Å². The molecule has 27 heavy (non-hydrogen) atoms. The lowest BCUT2D eigenvalue weighted by atomic mass is 9.92. The second kappa shape index (κ2) is 6.75. The average molecular weight is 377 g/mol. The van der Waals surface area contributed by atoms with Crippen molar-refractivity contribution in [1.29, 1.82) is 0 Å². The number of H-pyrrole nitrogens is 1. The minimum absolute atomic E-state index is 0.406. The van der Waals surface area contributed by atoms with Crippen LogP contribution in [-0.4, -0.2) is 33.4 Å². The molecular formula is C20H19N5OS. The van der Waals surface area contributed by atoms with Crippen LogP contribution < -0.4 is 5.73 Å². The Labute approximate surface area is 160 Å². The van der Waals surface area contributed by atoms with Crippen LogP contribution in [0.25, 0.3) is 31.9 Å². The van der Waals surface area contributed by atoms with Crippen LogP contribution in [0.15, 0.2) is 42.7 Å². The van der Waals surface area contributed by atoms with E-state index in [0.717, 1.165) is 63.7 Å². The van der Waals surface area contributed by atoms with Gasteiger partial charge >= 0.3 is 0 Å². The molecular weight excluding hydrogens is 358 g/mol. The van der Waals surface area contributed by atoms with Gasteiger partial charge < -0.3 is 10.5 Å². The summed E-state index contributed by atoms with van der Waals surface area (Å²) < 4.78 is 6.63. The quantitative estimate of drug-likeness (QED) is 0.558. The van der Waals surface area contributed by atoms with Gasteiger partial charge in [0.1, 0.15) is 10.8 Å². The van der Waals surface area contributed by atoms with E-state index in [2.05, 4.69) is 27.3 Å². The van der Waals surface area contributed by atoms with Gasteiger partial charge in [-0.25, -0.2) is 9.97 Å². The van der Waals surface area contributed by atoms with E-state index in [-0.39, 0.29) is 0 Å². The third-order valence-electron chi connectivity index (χ3n) is 5.03. The van der Waals surface area contributed by atoms with Crippen molar-refractivity contribution in [1.82, 2.24) is 20.2 Å². The molecule has 1 fully saturated rings. The molecule has 4 aromatic rings. The summed E-state index contributed by atoms with van der Waals surface area (Å²) in [5.41, 5.74) is 11.2. The van der Waals surface area contributed by atoms with Gasteiger partial charge in [0.05, 0.1) is 21.5 Å². The number of thiazole rings is 1. The Kier molecular flexibility index (Phi) is 4.10. The van der Waals surface area contributed by atoms with E-state index < -0.39 is 0 Å². The van der Waals surface area contributed by atoms with Crippen molar-refractivity contribution < 1.29 is 4.74 Å². The Morgan fingerprint density at radius 3 is 2.85 bits per heavy atom. The number of rotatable bonds is 3. The molecule has 7 heteroatoms. The van der Waals surface area contributed by atoms with E-state index in [9.17, 15) is 0 Å². The van der Waals surface area contributed by atoms with Crippen molar-refractivity contribution in [3.8, 4) is 21.7 Å². The fourth-order valence-corrected chi connectivity index (χ4v) is 4.59. The summed E-state index contributed by atoms with van der Waals surface area (Å²) in [5, 5.41) is 8.44. The van der Waals surface area contributed by atoms with Gasteiger partial charge in [-0.3, -0.25) is 5.10 Å². The van der Waals surface area contributed by atoms with Crippen LogP contribution in [-0.2, 0) is 4.74 Å². The van der Waals surface area contributed by atoms with Gasteiger partial charge in [-0.2, -0.15) is 5.10 Å². The number of para-hydroxylation sites is 1. The molecule has 0 unspecified atom stereocenters. The fraction of sp³-hybridized carbons (Fsp3) is 0.250. The normalized spacial score (nSPS) is 15.4. The van der Waals surface area contributed by atoms with Crippen LogP contribution in [0.1, 0.15) is 24.5 Å². The van der Waals surface area contributed by atoms with Crippen LogP contribution in [0.3, 0.4) is 0 Å². The molecule has 0 radical (unpaired) electrons. The largest absolute Gasteiger partial charge is 0.383 e. The van der Waals surface area contributed by atoms with Crippen LogP contribution in [0.2, 0.25) is 0 Å². The number of aromatic amines is 1. The molecule has 0 bridgehead atoms. The number of nitrogen functional groups attached to an aromatic ring is 1. The van der Waals surface area contributed by atoms with Crippen molar-refractivity contribution in [2.75, 3.05) is 18.9 Å². The number of ether oxygens (including phenoxy) is 1. The number of pyridine rings is 1. The highest BCUT2D eigenvalue weighted by atomic mass is 32.1. The first-order chi connectivity index (χ1) is 13.3. The number of benzene rings is 1. The summed E-state index contributed by atoms with van der Waals surface area (Å²) in [5.74, 6) is 0.900. The molecule has 0 amide bonds. The molecule has 3 aromatic heterocycles. The number of fused-ring (bicyclic) bond motifs is 1. The van der Waals surface area contributed by atoms with Gasteiger partial charge in [0, 0.05) is 42.7 Å². The summed E-state index contributed by atoms with van der Waals surface area (Å²) in [7, 11) is 0. The van der Waals surface area contributed by atoms with E-state index in [1.54, 1.807) is 11.3 Å². The number of nitrogens with one attached hydrogen (secondary N) is 1. The highest BCUT2D eigenvalue weighted by molar-refractivity contribution is 7.21. The molecule has 1 aliphatic heterocycles. The van der Waals surface area contributed by atoms with Crippen molar-refractivity contribution in [2.45, 2.75) is 18.8 Å². The molecule has 6 nitrogen and oxygen atoms in total. The van der Waals surface area contributed by atoms with Crippen molar-refractivity contribution in [3.63, 3.8) is 0 Å². The molecule has 4 heterocycles. The molecule has 3 N–H and O–H groups in total. The SMILES string of the molecule is Nc1ncc(-c2c[nH]nc2C2CCOCC2)cc1-c1nc2ccccc2s1.